The SMILES string of the molecule is CC(C)(C)c1ccc2c(c1)Cc1c-2ccc(C(C)(C)C)c1C1(C2=CC=CC2)CCCC1. The number of fused-ring (bicyclic) bond motifs is 3. The van der Waals surface area contributed by atoms with Crippen LogP contribution in [0.5, 0.6) is 0 Å². The van der Waals surface area contributed by atoms with Crippen LogP contribution in [-0.4, -0.2) is 0 Å². The first-order valence-electron chi connectivity index (χ1n) is 12.3. The van der Waals surface area contributed by atoms with Crippen LogP contribution in [0, 0.1) is 0 Å². The van der Waals surface area contributed by atoms with Crippen molar-refractivity contribution in [2.45, 2.75) is 96.3 Å². The molecule has 0 heterocycles. The lowest BCUT2D eigenvalue weighted by Crippen LogP contribution is -2.31. The van der Waals surface area contributed by atoms with Gasteiger partial charge in [-0.15, -0.1) is 0 Å². The fourth-order valence-electron chi connectivity index (χ4n) is 6.43. The Kier molecular flexibility index (Phi) is 4.67. The highest BCUT2D eigenvalue weighted by atomic mass is 14.5. The van der Waals surface area contributed by atoms with Crippen LogP contribution < -0.4 is 0 Å². The zero-order valence-electron chi connectivity index (χ0n) is 20.4. The van der Waals surface area contributed by atoms with Crippen LogP contribution in [0.3, 0.4) is 0 Å². The first-order chi connectivity index (χ1) is 14.6. The normalized spacial score (nSPS) is 19.5. The second-order valence-electron chi connectivity index (χ2n) is 12.2. The van der Waals surface area contributed by atoms with E-state index in [0.717, 1.165) is 12.8 Å². The molecule has 0 amide bonds. The number of hydrogen-bond donors (Lipinski definition) is 0. The quantitative estimate of drug-likeness (QED) is 0.397. The van der Waals surface area contributed by atoms with E-state index in [1.807, 2.05) is 0 Å². The minimum atomic E-state index is 0.151. The lowest BCUT2D eigenvalue weighted by atomic mass is 9.65. The maximum Gasteiger partial charge on any atom is 0.0174 e. The van der Waals surface area contributed by atoms with Crippen LogP contribution in [0.4, 0.5) is 0 Å². The zero-order valence-corrected chi connectivity index (χ0v) is 20.4. The largest absolute Gasteiger partial charge is 0.0804 e. The molecular weight excluding hydrogens is 372 g/mol. The second-order valence-corrected chi connectivity index (χ2v) is 12.2. The Morgan fingerprint density at radius 1 is 0.806 bits per heavy atom. The third-order valence-electron chi connectivity index (χ3n) is 8.07. The van der Waals surface area contributed by atoms with Gasteiger partial charge in [0.15, 0.2) is 0 Å². The molecule has 3 aliphatic rings. The van der Waals surface area contributed by atoms with Gasteiger partial charge in [0.05, 0.1) is 0 Å². The van der Waals surface area contributed by atoms with Gasteiger partial charge < -0.3 is 0 Å². The van der Waals surface area contributed by atoms with Crippen molar-refractivity contribution in [3.05, 3.63) is 82.0 Å². The molecule has 162 valence electrons. The van der Waals surface area contributed by atoms with Crippen molar-refractivity contribution in [1.29, 1.82) is 0 Å². The average Bonchev–Trinajstić information content (AvgIpc) is 3.44. The van der Waals surface area contributed by atoms with E-state index in [4.69, 9.17) is 0 Å². The van der Waals surface area contributed by atoms with Gasteiger partial charge in [0, 0.05) is 5.41 Å². The molecule has 5 rings (SSSR count). The molecule has 0 radical (unpaired) electrons. The number of allylic oxidation sites excluding steroid dienone is 4. The molecule has 0 unspecified atom stereocenters. The number of benzene rings is 2. The summed E-state index contributed by atoms with van der Waals surface area (Å²) in [5.41, 5.74) is 13.1. The molecule has 2 aromatic carbocycles. The summed E-state index contributed by atoms with van der Waals surface area (Å²) in [6.45, 7) is 14.2. The predicted molar refractivity (Wildman–Crippen MR) is 134 cm³/mol. The summed E-state index contributed by atoms with van der Waals surface area (Å²) in [7, 11) is 0. The van der Waals surface area contributed by atoms with Crippen molar-refractivity contribution in [2.24, 2.45) is 0 Å². The maximum atomic E-state index is 2.49. The molecule has 0 saturated heterocycles. The summed E-state index contributed by atoms with van der Waals surface area (Å²) < 4.78 is 0. The van der Waals surface area contributed by atoms with Crippen molar-refractivity contribution >= 4 is 0 Å². The van der Waals surface area contributed by atoms with Crippen LogP contribution in [0.2, 0.25) is 0 Å². The van der Waals surface area contributed by atoms with E-state index in [9.17, 15) is 0 Å². The van der Waals surface area contributed by atoms with E-state index < -0.39 is 0 Å². The molecule has 1 saturated carbocycles. The first kappa shape index (κ1) is 20.8. The van der Waals surface area contributed by atoms with E-state index >= 15 is 0 Å². The molecular formula is C31H38. The lowest BCUT2D eigenvalue weighted by molar-refractivity contribution is 0.483. The topological polar surface area (TPSA) is 0 Å². The van der Waals surface area contributed by atoms with Gasteiger partial charge in [-0.25, -0.2) is 0 Å². The third-order valence-corrected chi connectivity index (χ3v) is 8.07. The van der Waals surface area contributed by atoms with Gasteiger partial charge in [0.25, 0.3) is 0 Å². The van der Waals surface area contributed by atoms with E-state index in [2.05, 4.69) is 90.1 Å². The van der Waals surface area contributed by atoms with Crippen molar-refractivity contribution in [2.75, 3.05) is 0 Å². The molecule has 0 spiro atoms. The standard InChI is InChI=1S/C31H38/c1-29(2,3)23-13-14-24-21(19-23)20-26-25(24)15-16-27(30(4,5)6)28(26)31(17-9-10-18-31)22-11-7-8-12-22/h7-8,11,13-16,19H,9-10,12,17-18,20H2,1-6H3. The van der Waals surface area contributed by atoms with Gasteiger partial charge in [0.1, 0.15) is 0 Å². The second kappa shape index (κ2) is 6.96. The van der Waals surface area contributed by atoms with Crippen LogP contribution in [-0.2, 0) is 22.7 Å². The molecule has 0 bridgehead atoms. The maximum absolute atomic E-state index is 2.49. The average molecular weight is 411 g/mol. The van der Waals surface area contributed by atoms with Gasteiger partial charge >= 0.3 is 0 Å². The Bertz CT molecular complexity index is 1090. The van der Waals surface area contributed by atoms with Gasteiger partial charge in [-0.3, -0.25) is 0 Å². The van der Waals surface area contributed by atoms with Gasteiger partial charge in [-0.1, -0.05) is 109 Å². The van der Waals surface area contributed by atoms with Crippen molar-refractivity contribution < 1.29 is 0 Å². The first-order valence-corrected chi connectivity index (χ1v) is 12.3. The summed E-state index contributed by atoms with van der Waals surface area (Å²) in [5, 5.41) is 0. The van der Waals surface area contributed by atoms with Crippen LogP contribution >= 0.6 is 0 Å². The van der Waals surface area contributed by atoms with E-state index in [1.54, 1.807) is 22.3 Å². The summed E-state index contributed by atoms with van der Waals surface area (Å²) in [4.78, 5) is 0. The van der Waals surface area contributed by atoms with E-state index in [0.29, 0.717) is 0 Å². The highest BCUT2D eigenvalue weighted by molar-refractivity contribution is 5.80. The summed E-state index contributed by atoms with van der Waals surface area (Å²) in [6.07, 6.45) is 14.6. The third kappa shape index (κ3) is 3.25. The Hall–Kier alpha value is -2.08. The zero-order chi connectivity index (χ0) is 22.0. The van der Waals surface area contributed by atoms with E-state index in [1.165, 1.54) is 47.9 Å². The fourth-order valence-corrected chi connectivity index (χ4v) is 6.43. The highest BCUT2D eigenvalue weighted by Crippen LogP contribution is 2.55. The molecule has 0 heteroatoms. The van der Waals surface area contributed by atoms with Crippen molar-refractivity contribution in [1.82, 2.24) is 0 Å². The van der Waals surface area contributed by atoms with E-state index in [-0.39, 0.29) is 16.2 Å². The molecule has 3 aliphatic carbocycles. The monoisotopic (exact) mass is 410 g/mol. The van der Waals surface area contributed by atoms with Crippen LogP contribution in [0.15, 0.2) is 54.1 Å². The smallest absolute Gasteiger partial charge is 0.0174 e. The molecule has 1 fully saturated rings. The molecule has 31 heavy (non-hydrogen) atoms. The Labute approximate surface area is 189 Å². The Morgan fingerprint density at radius 3 is 2.13 bits per heavy atom. The summed E-state index contributed by atoms with van der Waals surface area (Å²) in [5.74, 6) is 0. The van der Waals surface area contributed by atoms with Gasteiger partial charge in [-0.2, -0.15) is 0 Å². The lowest BCUT2D eigenvalue weighted by Gasteiger charge is -2.39. The summed E-state index contributed by atoms with van der Waals surface area (Å²) in [6, 6.07) is 12.2. The molecule has 0 aromatic heterocycles. The molecule has 0 N–H and O–H groups in total. The Balaban J connectivity index is 1.74. The van der Waals surface area contributed by atoms with Crippen molar-refractivity contribution in [3.63, 3.8) is 0 Å². The van der Waals surface area contributed by atoms with Crippen LogP contribution in [0.1, 0.15) is 101 Å². The summed E-state index contributed by atoms with van der Waals surface area (Å²) >= 11 is 0. The number of hydrogen-bond acceptors (Lipinski definition) is 0. The molecule has 0 atom stereocenters. The molecule has 0 aliphatic heterocycles. The van der Waals surface area contributed by atoms with Crippen molar-refractivity contribution in [3.8, 4) is 11.1 Å². The van der Waals surface area contributed by atoms with Gasteiger partial charge in [-0.05, 0) is 75.5 Å². The minimum Gasteiger partial charge on any atom is -0.0804 e. The number of rotatable bonds is 2. The molecule has 0 nitrogen and oxygen atoms in total. The minimum absolute atomic E-state index is 0.151. The van der Waals surface area contributed by atoms with Crippen LogP contribution in [0.25, 0.3) is 11.1 Å². The van der Waals surface area contributed by atoms with Gasteiger partial charge in [0.2, 0.25) is 0 Å². The highest BCUT2D eigenvalue weighted by Gasteiger charge is 2.44. The molecule has 2 aromatic rings. The Morgan fingerprint density at radius 2 is 1.52 bits per heavy atom. The fraction of sp³-hybridized carbons (Fsp3) is 0.484. The predicted octanol–water partition coefficient (Wildman–Crippen LogP) is 8.55.